The molecule has 0 amide bonds. The van der Waals surface area contributed by atoms with Gasteiger partial charge in [-0.25, -0.2) is 13.9 Å². The molecule has 6 nitrogen and oxygen atoms in total. The van der Waals surface area contributed by atoms with Crippen LogP contribution in [0.1, 0.15) is 43.9 Å². The zero-order valence-corrected chi connectivity index (χ0v) is 21.0. The molecule has 2 aromatic carbocycles. The number of esters is 1. The summed E-state index contributed by atoms with van der Waals surface area (Å²) in [5.41, 5.74) is 1.83. The van der Waals surface area contributed by atoms with E-state index in [9.17, 15) is 4.79 Å². The Kier molecular flexibility index (Phi) is 7.80. The highest BCUT2D eigenvalue weighted by molar-refractivity contribution is 7.98. The lowest BCUT2D eigenvalue weighted by Gasteiger charge is -2.28. The summed E-state index contributed by atoms with van der Waals surface area (Å²) in [4.78, 5) is 17.6. The van der Waals surface area contributed by atoms with Crippen LogP contribution in [0.5, 0.6) is 0 Å². The number of aromatic nitrogens is 3. The van der Waals surface area contributed by atoms with Crippen molar-refractivity contribution in [3.63, 3.8) is 0 Å². The number of allylic oxidation sites excluding steroid dienone is 1. The van der Waals surface area contributed by atoms with Crippen molar-refractivity contribution < 1.29 is 13.9 Å². The van der Waals surface area contributed by atoms with Gasteiger partial charge in [0.1, 0.15) is 11.9 Å². The van der Waals surface area contributed by atoms with Crippen molar-refractivity contribution in [2.75, 3.05) is 11.9 Å². The number of nitrogens with zero attached hydrogens (tertiary/aromatic N) is 3. The Morgan fingerprint density at radius 2 is 1.97 bits per heavy atom. The van der Waals surface area contributed by atoms with Crippen molar-refractivity contribution in [1.29, 1.82) is 0 Å². The second-order valence-corrected chi connectivity index (χ2v) is 9.49. The topological polar surface area (TPSA) is 69.0 Å². The number of halogens is 3. The highest BCUT2D eigenvalue weighted by atomic mass is 35.5. The number of hydrogen-bond acceptors (Lipinski definition) is 6. The van der Waals surface area contributed by atoms with E-state index in [-0.39, 0.29) is 22.8 Å². The molecule has 10 heteroatoms. The first kappa shape index (κ1) is 24.6. The first-order chi connectivity index (χ1) is 16.4. The summed E-state index contributed by atoms with van der Waals surface area (Å²) in [6, 6.07) is 11.0. The number of unbranched alkanes of at least 4 members (excludes halogenated alkanes) is 1. The average Bonchev–Trinajstić information content (AvgIpc) is 3.21. The molecule has 1 atom stereocenters. The summed E-state index contributed by atoms with van der Waals surface area (Å²) in [7, 11) is 0. The lowest BCUT2D eigenvalue weighted by Crippen LogP contribution is -2.30. The molecule has 0 spiro atoms. The summed E-state index contributed by atoms with van der Waals surface area (Å²) in [5.74, 6) is -0.160. The molecule has 2 heterocycles. The van der Waals surface area contributed by atoms with Crippen LogP contribution in [-0.2, 0) is 15.3 Å². The second kappa shape index (κ2) is 10.8. The third-order valence-electron chi connectivity index (χ3n) is 5.37. The van der Waals surface area contributed by atoms with Gasteiger partial charge >= 0.3 is 5.97 Å². The minimum atomic E-state index is -0.929. The number of anilines is 1. The Balaban J connectivity index is 1.72. The van der Waals surface area contributed by atoms with E-state index in [4.69, 9.17) is 27.9 Å². The van der Waals surface area contributed by atoms with Crippen LogP contribution < -0.4 is 5.32 Å². The van der Waals surface area contributed by atoms with Crippen molar-refractivity contribution in [3.8, 4) is 0 Å². The number of nitrogens with one attached hydrogen (secondary N) is 1. The molecule has 0 saturated heterocycles. The number of fused-ring (bicyclic) bond motifs is 1. The second-order valence-electron chi connectivity index (χ2n) is 7.73. The standard InChI is InChI=1S/C24H23Cl2FN4O2S/c1-3-4-12-33-22(32)19-14(2)28-23-29-24(34-13-15-8-5-6-9-16(15)25)30-31(23)21(19)20-17(26)10-7-11-18(20)27/h5-11,21H,3-4,12-13H2,1-2H3,(H,28,29,30). The molecule has 1 unspecified atom stereocenters. The van der Waals surface area contributed by atoms with Crippen LogP contribution >= 0.6 is 35.0 Å². The van der Waals surface area contributed by atoms with Crippen LogP contribution in [0.2, 0.25) is 10.0 Å². The van der Waals surface area contributed by atoms with Gasteiger partial charge in [-0.15, -0.1) is 5.10 Å². The van der Waals surface area contributed by atoms with Crippen molar-refractivity contribution in [3.05, 3.63) is 80.7 Å². The zero-order chi connectivity index (χ0) is 24.2. The SMILES string of the molecule is CCCCOC(=O)C1=C(C)Nc2nc(SCc3ccccc3Cl)nn2C1c1c(F)cccc1Cl. The van der Waals surface area contributed by atoms with Gasteiger partial charge in [0.15, 0.2) is 0 Å². The molecule has 0 saturated carbocycles. The van der Waals surface area contributed by atoms with Gasteiger partial charge in [0.25, 0.3) is 0 Å². The third-order valence-corrected chi connectivity index (χ3v) is 6.96. The van der Waals surface area contributed by atoms with Crippen LogP contribution in [0, 0.1) is 5.82 Å². The van der Waals surface area contributed by atoms with E-state index in [1.165, 1.54) is 28.6 Å². The van der Waals surface area contributed by atoms with Crippen molar-refractivity contribution >= 4 is 46.9 Å². The number of thioether (sulfide) groups is 1. The van der Waals surface area contributed by atoms with Crippen LogP contribution in [0.15, 0.2) is 58.9 Å². The van der Waals surface area contributed by atoms with Gasteiger partial charge in [0.2, 0.25) is 11.1 Å². The molecular weight excluding hydrogens is 498 g/mol. The molecule has 4 rings (SSSR count). The van der Waals surface area contributed by atoms with Crippen molar-refractivity contribution in [2.45, 2.75) is 43.6 Å². The Morgan fingerprint density at radius 3 is 2.71 bits per heavy atom. The van der Waals surface area contributed by atoms with E-state index < -0.39 is 17.8 Å². The lowest BCUT2D eigenvalue weighted by atomic mass is 9.95. The molecule has 1 aliphatic heterocycles. The summed E-state index contributed by atoms with van der Waals surface area (Å²) in [6.45, 7) is 4.01. The average molecular weight is 521 g/mol. The quantitative estimate of drug-likeness (QED) is 0.203. The Morgan fingerprint density at radius 1 is 1.21 bits per heavy atom. The van der Waals surface area contributed by atoms with Crippen molar-refractivity contribution in [2.24, 2.45) is 0 Å². The maximum absolute atomic E-state index is 15.1. The molecule has 1 aliphatic rings. The van der Waals surface area contributed by atoms with Gasteiger partial charge in [-0.05, 0) is 37.1 Å². The van der Waals surface area contributed by atoms with Gasteiger partial charge in [0.05, 0.1) is 12.2 Å². The maximum atomic E-state index is 15.1. The molecule has 0 aliphatic carbocycles. The minimum Gasteiger partial charge on any atom is -0.462 e. The minimum absolute atomic E-state index is 0.140. The maximum Gasteiger partial charge on any atom is 0.338 e. The summed E-state index contributed by atoms with van der Waals surface area (Å²) >= 11 is 14.1. The van der Waals surface area contributed by atoms with Gasteiger partial charge in [-0.1, -0.05) is 72.6 Å². The molecule has 178 valence electrons. The number of rotatable bonds is 8. The Bertz CT molecular complexity index is 1230. The molecule has 0 radical (unpaired) electrons. The third kappa shape index (κ3) is 5.09. The Hall–Kier alpha value is -2.55. The fraction of sp³-hybridized carbons (Fsp3) is 0.292. The normalized spacial score (nSPS) is 15.1. The molecule has 3 aromatic rings. The van der Waals surface area contributed by atoms with E-state index in [1.807, 2.05) is 31.2 Å². The van der Waals surface area contributed by atoms with E-state index in [1.54, 1.807) is 13.0 Å². The van der Waals surface area contributed by atoms with Crippen LogP contribution in [0.25, 0.3) is 0 Å². The number of carbonyl (C=O) groups excluding carboxylic acids is 1. The summed E-state index contributed by atoms with van der Waals surface area (Å²) in [5, 5.41) is 9.00. The molecule has 1 N–H and O–H groups in total. The van der Waals surface area contributed by atoms with Gasteiger partial charge in [0, 0.05) is 27.1 Å². The highest BCUT2D eigenvalue weighted by Crippen LogP contribution is 2.40. The van der Waals surface area contributed by atoms with Crippen LogP contribution in [-0.4, -0.2) is 27.3 Å². The lowest BCUT2D eigenvalue weighted by molar-refractivity contribution is -0.139. The molecule has 1 aromatic heterocycles. The predicted molar refractivity (Wildman–Crippen MR) is 133 cm³/mol. The highest BCUT2D eigenvalue weighted by Gasteiger charge is 2.37. The summed E-state index contributed by atoms with van der Waals surface area (Å²) in [6.07, 6.45) is 1.61. The number of benzene rings is 2. The molecular formula is C24H23Cl2FN4O2S. The summed E-state index contributed by atoms with van der Waals surface area (Å²) < 4.78 is 22.0. The van der Waals surface area contributed by atoms with E-state index in [2.05, 4.69) is 15.4 Å². The van der Waals surface area contributed by atoms with Crippen LogP contribution in [0.4, 0.5) is 10.3 Å². The van der Waals surface area contributed by atoms with E-state index in [0.717, 1.165) is 18.4 Å². The largest absolute Gasteiger partial charge is 0.462 e. The molecule has 0 bridgehead atoms. The van der Waals surface area contributed by atoms with Gasteiger partial charge in [-0.3, -0.25) is 0 Å². The van der Waals surface area contributed by atoms with Gasteiger partial charge in [-0.2, -0.15) is 4.98 Å². The first-order valence-electron chi connectivity index (χ1n) is 10.8. The predicted octanol–water partition coefficient (Wildman–Crippen LogP) is 6.65. The van der Waals surface area contributed by atoms with Gasteiger partial charge < -0.3 is 10.1 Å². The number of carbonyl (C=O) groups is 1. The zero-order valence-electron chi connectivity index (χ0n) is 18.6. The fourth-order valence-corrected chi connectivity index (χ4v) is 5.02. The monoisotopic (exact) mass is 520 g/mol. The van der Waals surface area contributed by atoms with Crippen LogP contribution in [0.3, 0.4) is 0 Å². The van der Waals surface area contributed by atoms with E-state index in [0.29, 0.717) is 27.6 Å². The molecule has 34 heavy (non-hydrogen) atoms. The van der Waals surface area contributed by atoms with Crippen molar-refractivity contribution in [1.82, 2.24) is 14.8 Å². The van der Waals surface area contributed by atoms with E-state index >= 15 is 4.39 Å². The first-order valence-corrected chi connectivity index (χ1v) is 12.6. The number of hydrogen-bond donors (Lipinski definition) is 1. The molecule has 0 fully saturated rings. The number of ether oxygens (including phenoxy) is 1. The smallest absolute Gasteiger partial charge is 0.338 e. The fourth-order valence-electron chi connectivity index (χ4n) is 3.64. The Labute approximate surface area is 211 Å².